The second kappa shape index (κ2) is 8.83. The van der Waals surface area contributed by atoms with Gasteiger partial charge in [-0.2, -0.15) is 0 Å². The smallest absolute Gasteiger partial charge is 0.204 e. The molecule has 0 N–H and O–H groups in total. The molecule has 0 bridgehead atoms. The number of ether oxygens (including phenoxy) is 4. The molecule has 0 aliphatic heterocycles. The van der Waals surface area contributed by atoms with Crippen molar-refractivity contribution in [3.63, 3.8) is 0 Å². The van der Waals surface area contributed by atoms with Gasteiger partial charge in [0.1, 0.15) is 5.75 Å². The van der Waals surface area contributed by atoms with E-state index in [1.807, 2.05) is 6.07 Å². The molecule has 0 unspecified atom stereocenters. The average molecular weight is 384 g/mol. The minimum Gasteiger partial charge on any atom is -0.497 e. The number of rotatable bonds is 7. The second-order valence-corrected chi connectivity index (χ2v) is 7.29. The van der Waals surface area contributed by atoms with Crippen LogP contribution in [-0.4, -0.2) is 34.2 Å². The number of methoxy groups -OCH3 is 4. The molecule has 0 saturated heterocycles. The zero-order valence-electron chi connectivity index (χ0n) is 17.6. The lowest BCUT2D eigenvalue weighted by Crippen LogP contribution is -2.14. The minimum absolute atomic E-state index is 0.114. The number of hydrogen-bond acceptors (Lipinski definition) is 5. The minimum atomic E-state index is -0.187. The van der Waals surface area contributed by atoms with Gasteiger partial charge in [0.05, 0.1) is 28.4 Å². The maximum Gasteiger partial charge on any atom is 0.204 e. The average Bonchev–Trinajstić information content (AvgIpc) is 2.69. The first-order chi connectivity index (χ1) is 13.3. The molecular formula is C23H28O5. The second-order valence-electron chi connectivity index (χ2n) is 7.29. The van der Waals surface area contributed by atoms with Gasteiger partial charge in [-0.1, -0.05) is 20.8 Å². The fourth-order valence-electron chi connectivity index (χ4n) is 2.94. The van der Waals surface area contributed by atoms with Crippen molar-refractivity contribution in [2.45, 2.75) is 26.2 Å². The van der Waals surface area contributed by atoms with Gasteiger partial charge in [-0.3, -0.25) is 4.79 Å². The SMILES string of the molecule is COc1ccc(C(=O)C=Cc2cc(C(C)(C)C)c(OC)c(OC)c2OC)cc1. The quantitative estimate of drug-likeness (QED) is 0.501. The third-order valence-corrected chi connectivity index (χ3v) is 4.43. The fraction of sp³-hybridized carbons (Fsp3) is 0.348. The number of hydrogen-bond donors (Lipinski definition) is 0. The molecule has 150 valence electrons. The van der Waals surface area contributed by atoms with E-state index >= 15 is 0 Å². The highest BCUT2D eigenvalue weighted by molar-refractivity contribution is 6.07. The van der Waals surface area contributed by atoms with Gasteiger partial charge in [-0.15, -0.1) is 0 Å². The van der Waals surface area contributed by atoms with Crippen molar-refractivity contribution in [2.75, 3.05) is 28.4 Å². The van der Waals surface area contributed by atoms with E-state index in [0.717, 1.165) is 11.1 Å². The Balaban J connectivity index is 2.51. The molecule has 5 heteroatoms. The first-order valence-electron chi connectivity index (χ1n) is 8.96. The zero-order valence-corrected chi connectivity index (χ0v) is 17.6. The summed E-state index contributed by atoms with van der Waals surface area (Å²) < 4.78 is 21.9. The molecule has 5 nitrogen and oxygen atoms in total. The molecule has 0 fully saturated rings. The zero-order chi connectivity index (χ0) is 20.9. The summed E-state index contributed by atoms with van der Waals surface area (Å²) in [6.45, 7) is 6.27. The van der Waals surface area contributed by atoms with Crippen LogP contribution in [0.5, 0.6) is 23.0 Å². The lowest BCUT2D eigenvalue weighted by Gasteiger charge is -2.25. The van der Waals surface area contributed by atoms with Crippen molar-refractivity contribution in [1.82, 2.24) is 0 Å². The molecule has 0 aliphatic carbocycles. The first kappa shape index (κ1) is 21.4. The van der Waals surface area contributed by atoms with E-state index in [-0.39, 0.29) is 11.2 Å². The lowest BCUT2D eigenvalue weighted by molar-refractivity contribution is 0.104. The fourth-order valence-corrected chi connectivity index (χ4v) is 2.94. The van der Waals surface area contributed by atoms with Crippen molar-refractivity contribution in [3.8, 4) is 23.0 Å². The van der Waals surface area contributed by atoms with Crippen molar-refractivity contribution >= 4 is 11.9 Å². The van der Waals surface area contributed by atoms with Gasteiger partial charge in [-0.25, -0.2) is 0 Å². The summed E-state index contributed by atoms with van der Waals surface area (Å²) in [7, 11) is 6.33. The highest BCUT2D eigenvalue weighted by Gasteiger charge is 2.26. The van der Waals surface area contributed by atoms with Crippen molar-refractivity contribution in [3.05, 3.63) is 53.1 Å². The van der Waals surface area contributed by atoms with Gasteiger partial charge in [0.15, 0.2) is 17.3 Å². The van der Waals surface area contributed by atoms with Gasteiger partial charge in [0.25, 0.3) is 0 Å². The van der Waals surface area contributed by atoms with E-state index in [9.17, 15) is 4.79 Å². The molecule has 0 aliphatic rings. The van der Waals surface area contributed by atoms with Gasteiger partial charge in [0, 0.05) is 16.7 Å². The molecule has 0 radical (unpaired) electrons. The maximum atomic E-state index is 12.6. The molecule has 28 heavy (non-hydrogen) atoms. The van der Waals surface area contributed by atoms with E-state index in [2.05, 4.69) is 20.8 Å². The van der Waals surface area contributed by atoms with Gasteiger partial charge < -0.3 is 18.9 Å². The summed E-state index contributed by atoms with van der Waals surface area (Å²) >= 11 is 0. The number of benzene rings is 2. The summed E-state index contributed by atoms with van der Waals surface area (Å²) in [6.07, 6.45) is 3.26. The van der Waals surface area contributed by atoms with Crippen LogP contribution >= 0.6 is 0 Å². The first-order valence-corrected chi connectivity index (χ1v) is 8.96. The monoisotopic (exact) mass is 384 g/mol. The van der Waals surface area contributed by atoms with Gasteiger partial charge >= 0.3 is 0 Å². The van der Waals surface area contributed by atoms with Crippen LogP contribution in [0, 0.1) is 0 Å². The van der Waals surface area contributed by atoms with Crippen LogP contribution in [0.15, 0.2) is 36.4 Å². The van der Waals surface area contributed by atoms with Crippen molar-refractivity contribution < 1.29 is 23.7 Å². The Bertz CT molecular complexity index is 858. The van der Waals surface area contributed by atoms with Crippen LogP contribution < -0.4 is 18.9 Å². The Morgan fingerprint density at radius 3 is 1.86 bits per heavy atom. The largest absolute Gasteiger partial charge is 0.497 e. The van der Waals surface area contributed by atoms with E-state index in [1.54, 1.807) is 58.8 Å². The van der Waals surface area contributed by atoms with E-state index < -0.39 is 0 Å². The van der Waals surface area contributed by atoms with Crippen LogP contribution in [0.1, 0.15) is 42.3 Å². The Labute approximate surface area is 166 Å². The van der Waals surface area contributed by atoms with Crippen molar-refractivity contribution in [2.24, 2.45) is 0 Å². The highest BCUT2D eigenvalue weighted by atomic mass is 16.5. The summed E-state index contributed by atoms with van der Waals surface area (Å²) in [4.78, 5) is 12.6. The summed E-state index contributed by atoms with van der Waals surface area (Å²) in [6, 6.07) is 8.96. The Morgan fingerprint density at radius 1 is 0.821 bits per heavy atom. The summed E-state index contributed by atoms with van der Waals surface area (Å²) in [5, 5.41) is 0. The van der Waals surface area contributed by atoms with Crippen LogP contribution in [0.25, 0.3) is 6.08 Å². The molecule has 0 spiro atoms. The third-order valence-electron chi connectivity index (χ3n) is 4.43. The Hall–Kier alpha value is -2.95. The van der Waals surface area contributed by atoms with Crippen LogP contribution in [0.2, 0.25) is 0 Å². The number of allylic oxidation sites excluding steroid dienone is 1. The maximum absolute atomic E-state index is 12.6. The molecule has 0 heterocycles. The molecule has 0 saturated carbocycles. The Morgan fingerprint density at radius 2 is 1.39 bits per heavy atom. The molecule has 0 amide bonds. The van der Waals surface area contributed by atoms with Crippen LogP contribution in [0.4, 0.5) is 0 Å². The molecular weight excluding hydrogens is 356 g/mol. The van der Waals surface area contributed by atoms with Crippen molar-refractivity contribution in [1.29, 1.82) is 0 Å². The van der Waals surface area contributed by atoms with E-state index in [4.69, 9.17) is 18.9 Å². The topological polar surface area (TPSA) is 54.0 Å². The Kier molecular flexibility index (Phi) is 6.73. The van der Waals surface area contributed by atoms with E-state index in [0.29, 0.717) is 28.6 Å². The van der Waals surface area contributed by atoms with E-state index in [1.165, 1.54) is 6.08 Å². The van der Waals surface area contributed by atoms with Crippen LogP contribution in [-0.2, 0) is 5.41 Å². The van der Waals surface area contributed by atoms with Gasteiger partial charge in [-0.05, 0) is 47.9 Å². The summed E-state index contributed by atoms with van der Waals surface area (Å²) in [5.41, 5.74) is 2.09. The van der Waals surface area contributed by atoms with Crippen LogP contribution in [0.3, 0.4) is 0 Å². The standard InChI is InChI=1S/C23H28O5/c1-23(2,3)18-14-16(20(26-5)22(28-7)21(18)27-6)10-13-19(24)15-8-11-17(25-4)12-9-15/h8-14H,1-7H3. The normalized spacial score (nSPS) is 11.4. The molecule has 2 aromatic rings. The molecule has 0 atom stereocenters. The highest BCUT2D eigenvalue weighted by Crippen LogP contribution is 2.47. The third kappa shape index (κ3) is 4.47. The molecule has 2 rings (SSSR count). The number of ketones is 1. The number of carbonyl (C=O) groups excluding carboxylic acids is 1. The predicted octanol–water partition coefficient (Wildman–Crippen LogP) is 4.91. The lowest BCUT2D eigenvalue weighted by atomic mass is 9.84. The molecule has 2 aromatic carbocycles. The summed E-state index contributed by atoms with van der Waals surface area (Å²) in [5.74, 6) is 2.25. The predicted molar refractivity (Wildman–Crippen MR) is 111 cm³/mol. The molecule has 0 aromatic heterocycles. The van der Waals surface area contributed by atoms with Gasteiger partial charge in [0.2, 0.25) is 5.75 Å². The number of carbonyl (C=O) groups is 1.